The monoisotopic (exact) mass is 384 g/mol. The molecule has 7 heteroatoms. The molecule has 0 saturated carbocycles. The van der Waals surface area contributed by atoms with Crippen LogP contribution in [-0.2, 0) is 0 Å². The minimum Gasteiger partial charge on any atom is -0.238 e. The summed E-state index contributed by atoms with van der Waals surface area (Å²) in [6.07, 6.45) is 0. The largest absolute Gasteiger partial charge is 0.238 e. The number of nitrogens with zero attached hydrogens (tertiary/aromatic N) is 6. The fraction of sp³-hybridized carbons (Fsp3) is 0. The van der Waals surface area contributed by atoms with Crippen molar-refractivity contribution >= 4 is 27.2 Å². The first-order valence-electron chi connectivity index (χ1n) is 6.84. The Morgan fingerprint density at radius 1 is 1.08 bits per heavy atom. The van der Waals surface area contributed by atoms with Crippen molar-refractivity contribution < 1.29 is 0 Å². The van der Waals surface area contributed by atoms with E-state index in [0.717, 1.165) is 0 Å². The van der Waals surface area contributed by atoms with Gasteiger partial charge in [0.1, 0.15) is 23.1 Å². The highest BCUT2D eigenvalue weighted by molar-refractivity contribution is 9.10. The molecule has 0 saturated heterocycles. The van der Waals surface area contributed by atoms with E-state index in [1.165, 1.54) is 18.2 Å². The summed E-state index contributed by atoms with van der Waals surface area (Å²) >= 11 is 3.29. The lowest BCUT2D eigenvalue weighted by molar-refractivity contribution is 1.23. The molecule has 1 aliphatic heterocycles. The highest BCUT2D eigenvalue weighted by atomic mass is 79.9. The Morgan fingerprint density at radius 3 is 2.52 bits per heavy atom. The van der Waals surface area contributed by atoms with E-state index in [9.17, 15) is 10.5 Å². The fourth-order valence-corrected chi connectivity index (χ4v) is 2.76. The minimum atomic E-state index is 0.137. The molecule has 1 heterocycles. The van der Waals surface area contributed by atoms with E-state index in [4.69, 9.17) is 11.8 Å². The van der Waals surface area contributed by atoms with Gasteiger partial charge in [-0.05, 0) is 51.8 Å². The van der Waals surface area contributed by atoms with E-state index in [1.54, 1.807) is 12.1 Å². The van der Waals surface area contributed by atoms with Gasteiger partial charge in [-0.15, -0.1) is 0 Å². The maximum atomic E-state index is 9.56. The molecular weight excluding hydrogens is 380 g/mol. The average molecular weight is 385 g/mol. The number of benzene rings is 2. The Balaban J connectivity index is 2.31. The van der Waals surface area contributed by atoms with Crippen molar-refractivity contribution in [1.29, 1.82) is 15.8 Å². The van der Waals surface area contributed by atoms with Crippen LogP contribution in [0, 0.1) is 40.6 Å². The van der Waals surface area contributed by atoms with Crippen LogP contribution in [0.1, 0.15) is 16.7 Å². The first kappa shape index (κ1) is 16.1. The van der Waals surface area contributed by atoms with Gasteiger partial charge in [-0.3, -0.25) is 0 Å². The summed E-state index contributed by atoms with van der Waals surface area (Å²) in [6, 6.07) is 13.9. The number of halogens is 1. The van der Waals surface area contributed by atoms with Crippen LogP contribution in [0.4, 0.5) is 5.69 Å². The second-order valence-corrected chi connectivity index (χ2v) is 5.78. The molecule has 0 aromatic heterocycles. The van der Waals surface area contributed by atoms with Crippen LogP contribution in [0.2, 0.25) is 0 Å². The normalized spacial score (nSPS) is 13.2. The van der Waals surface area contributed by atoms with Crippen LogP contribution >= 0.6 is 15.9 Å². The number of rotatable bonds is 1. The van der Waals surface area contributed by atoms with Gasteiger partial charge >= 0.3 is 0 Å². The van der Waals surface area contributed by atoms with Crippen LogP contribution < -0.4 is 10.7 Å². The number of hydrogen-bond acceptors (Lipinski definition) is 5. The van der Waals surface area contributed by atoms with E-state index in [2.05, 4.69) is 36.8 Å². The summed E-state index contributed by atoms with van der Waals surface area (Å²) in [6.45, 7) is 7.13. The molecule has 3 rings (SSSR count). The third-order valence-electron chi connectivity index (χ3n) is 3.46. The van der Waals surface area contributed by atoms with Crippen LogP contribution in [0.15, 0.2) is 50.6 Å². The van der Waals surface area contributed by atoms with Gasteiger partial charge in [0.2, 0.25) is 0 Å². The maximum Gasteiger partial charge on any atom is 0.189 e. The Morgan fingerprint density at radius 2 is 1.88 bits per heavy atom. The smallest absolute Gasteiger partial charge is 0.189 e. The van der Waals surface area contributed by atoms with Crippen LogP contribution in [-0.4, -0.2) is 0 Å². The zero-order valence-electron chi connectivity index (χ0n) is 12.4. The zero-order chi connectivity index (χ0) is 18.0. The Hall–Kier alpha value is -3.78. The molecule has 0 spiro atoms. The number of allylic oxidation sites excluding steroid dienone is 1. The van der Waals surface area contributed by atoms with E-state index in [0.29, 0.717) is 26.3 Å². The lowest BCUT2D eigenvalue weighted by atomic mass is 10.0. The first-order valence-corrected chi connectivity index (χ1v) is 7.64. The van der Waals surface area contributed by atoms with E-state index in [-0.39, 0.29) is 22.6 Å². The molecule has 114 valence electrons. The van der Waals surface area contributed by atoms with E-state index < -0.39 is 0 Å². The second-order valence-electron chi connectivity index (χ2n) is 4.93. The van der Waals surface area contributed by atoms with Crippen LogP contribution in [0.5, 0.6) is 0 Å². The first-order chi connectivity index (χ1) is 12.1. The van der Waals surface area contributed by atoms with Crippen molar-refractivity contribution in [3.63, 3.8) is 0 Å². The van der Waals surface area contributed by atoms with Gasteiger partial charge < -0.3 is 0 Å². The number of hydrogen-bond donors (Lipinski definition) is 0. The Labute approximate surface area is 150 Å². The molecule has 0 fully saturated rings. The molecular formula is C18H5BrN6. The van der Waals surface area contributed by atoms with Crippen molar-refractivity contribution in [2.24, 2.45) is 9.98 Å². The van der Waals surface area contributed by atoms with Crippen molar-refractivity contribution in [3.05, 3.63) is 79.4 Å². The maximum absolute atomic E-state index is 9.56. The number of fused-ring (bicyclic) bond motifs is 1. The predicted octanol–water partition coefficient (Wildman–Crippen LogP) is 2.89. The molecule has 25 heavy (non-hydrogen) atoms. The minimum absolute atomic E-state index is 0.137. The van der Waals surface area contributed by atoms with Gasteiger partial charge in [-0.1, -0.05) is 0 Å². The summed E-state index contributed by atoms with van der Waals surface area (Å²) < 4.78 is 0.592. The topological polar surface area (TPSA) is 100 Å². The fourth-order valence-electron chi connectivity index (χ4n) is 2.35. The molecule has 0 N–H and O–H groups in total. The van der Waals surface area contributed by atoms with Gasteiger partial charge in [0.25, 0.3) is 0 Å². The molecule has 1 aliphatic rings. The summed E-state index contributed by atoms with van der Waals surface area (Å²) in [7, 11) is 0. The van der Waals surface area contributed by atoms with Crippen LogP contribution in [0.25, 0.3) is 10.4 Å². The molecule has 0 radical (unpaired) electrons. The highest BCUT2D eigenvalue weighted by Crippen LogP contribution is 2.26. The molecule has 0 bridgehead atoms. The molecule has 0 amide bonds. The average Bonchev–Trinajstić information content (AvgIpc) is 3.05. The number of nitriles is 3. The van der Waals surface area contributed by atoms with Crippen molar-refractivity contribution in [2.45, 2.75) is 0 Å². The SMILES string of the molecule is [C-]#[N+]c1cc(C#N)cc(/C(C#N)=C2/N=c3ccc(Br)c(C#N)c3=N2)c1. The van der Waals surface area contributed by atoms with Gasteiger partial charge in [0.05, 0.1) is 23.6 Å². The highest BCUT2D eigenvalue weighted by Gasteiger charge is 2.16. The summed E-state index contributed by atoms with van der Waals surface area (Å²) in [4.78, 5) is 12.0. The Kier molecular flexibility index (Phi) is 4.11. The Bertz CT molecular complexity index is 1210. The molecule has 0 aliphatic carbocycles. The van der Waals surface area contributed by atoms with Gasteiger partial charge in [-0.2, -0.15) is 15.8 Å². The summed E-state index contributed by atoms with van der Waals surface area (Å²) in [5.74, 6) is 0.151. The van der Waals surface area contributed by atoms with Crippen molar-refractivity contribution in [1.82, 2.24) is 0 Å². The van der Waals surface area contributed by atoms with Gasteiger partial charge in [0.15, 0.2) is 11.5 Å². The van der Waals surface area contributed by atoms with Crippen molar-refractivity contribution in [3.8, 4) is 18.2 Å². The molecule has 2 aromatic rings. The molecule has 0 atom stereocenters. The molecule has 2 aromatic carbocycles. The van der Waals surface area contributed by atoms with Gasteiger partial charge in [0, 0.05) is 10.0 Å². The summed E-state index contributed by atoms with van der Waals surface area (Å²) in [5.41, 5.74) is 1.38. The second kappa shape index (κ2) is 6.38. The van der Waals surface area contributed by atoms with Crippen molar-refractivity contribution in [2.75, 3.05) is 0 Å². The molecule has 0 unspecified atom stereocenters. The quantitative estimate of drug-likeness (QED) is 0.557. The third kappa shape index (κ3) is 2.77. The van der Waals surface area contributed by atoms with Gasteiger partial charge in [-0.25, -0.2) is 14.8 Å². The van der Waals surface area contributed by atoms with E-state index >= 15 is 0 Å². The third-order valence-corrected chi connectivity index (χ3v) is 4.12. The lowest BCUT2D eigenvalue weighted by Gasteiger charge is -2.02. The lowest BCUT2D eigenvalue weighted by Crippen LogP contribution is -2.24. The zero-order valence-corrected chi connectivity index (χ0v) is 14.0. The molecule has 6 nitrogen and oxygen atoms in total. The standard InChI is InChI=1S/C18H5BrN6/c1-23-12-5-10(7-20)4-11(6-12)13(8-21)18-24-16-3-2-15(19)14(9-22)17(16)25-18/h2-6H/b18-13-. The van der Waals surface area contributed by atoms with E-state index in [1.807, 2.05) is 12.1 Å². The van der Waals surface area contributed by atoms with Crippen LogP contribution in [0.3, 0.4) is 0 Å². The predicted molar refractivity (Wildman–Crippen MR) is 91.1 cm³/mol. The summed E-state index contributed by atoms with van der Waals surface area (Å²) in [5, 5.41) is 28.8.